The number of hydrogen-bond donors (Lipinski definition) is 0. The molecule has 19 heavy (non-hydrogen) atoms. The molecule has 2 aromatic carbocycles. The Hall–Kier alpha value is -2.35. The van der Waals surface area contributed by atoms with E-state index < -0.39 is 0 Å². The van der Waals surface area contributed by atoms with Crippen molar-refractivity contribution >= 4 is 5.97 Å². The molecule has 3 rings (SSSR count). The fourth-order valence-electron chi connectivity index (χ4n) is 2.57. The Morgan fingerprint density at radius 1 is 1.16 bits per heavy atom. The lowest BCUT2D eigenvalue weighted by Gasteiger charge is -2.08. The molecule has 2 heteroatoms. The molecular weight excluding hydrogens is 236 g/mol. The van der Waals surface area contributed by atoms with E-state index in [1.165, 1.54) is 28.3 Å². The molecule has 0 spiro atoms. The molecule has 0 bridgehead atoms. The van der Waals surface area contributed by atoms with Gasteiger partial charge in [0, 0.05) is 6.08 Å². The molecule has 0 radical (unpaired) electrons. The van der Waals surface area contributed by atoms with Crippen LogP contribution in [-0.2, 0) is 22.6 Å². The Bertz CT molecular complexity index is 656. The first-order valence-corrected chi connectivity index (χ1v) is 6.28. The maximum atomic E-state index is 11.2. The lowest BCUT2D eigenvalue weighted by atomic mass is 10.0. The van der Waals surface area contributed by atoms with Crippen LogP contribution in [0.2, 0.25) is 0 Å². The molecule has 94 valence electrons. The smallest absolute Gasteiger partial charge is 0.330 e. The van der Waals surface area contributed by atoms with Crippen LogP contribution in [0.3, 0.4) is 0 Å². The van der Waals surface area contributed by atoms with Crippen LogP contribution in [0.15, 0.2) is 55.1 Å². The molecule has 0 unspecified atom stereocenters. The number of esters is 1. The van der Waals surface area contributed by atoms with E-state index in [1.54, 1.807) is 0 Å². The van der Waals surface area contributed by atoms with E-state index in [0.717, 1.165) is 12.0 Å². The van der Waals surface area contributed by atoms with Gasteiger partial charge in [-0.1, -0.05) is 49.0 Å². The normalized spacial score (nSPS) is 11.6. The van der Waals surface area contributed by atoms with Crippen LogP contribution in [-0.4, -0.2) is 5.97 Å². The summed E-state index contributed by atoms with van der Waals surface area (Å²) >= 11 is 0. The zero-order valence-electron chi connectivity index (χ0n) is 10.6. The van der Waals surface area contributed by atoms with Crippen LogP contribution >= 0.6 is 0 Å². The van der Waals surface area contributed by atoms with Crippen molar-refractivity contribution in [2.45, 2.75) is 13.0 Å². The van der Waals surface area contributed by atoms with Crippen LogP contribution in [0, 0.1) is 0 Å². The summed E-state index contributed by atoms with van der Waals surface area (Å²) in [5.74, 6) is -0.381. The molecule has 0 N–H and O–H groups in total. The predicted octanol–water partition coefficient (Wildman–Crippen LogP) is 3.49. The summed E-state index contributed by atoms with van der Waals surface area (Å²) in [6, 6.07) is 14.6. The lowest BCUT2D eigenvalue weighted by molar-refractivity contribution is -0.138. The van der Waals surface area contributed by atoms with Gasteiger partial charge in [-0.2, -0.15) is 0 Å². The van der Waals surface area contributed by atoms with Gasteiger partial charge in [-0.15, -0.1) is 0 Å². The maximum absolute atomic E-state index is 11.2. The number of fused-ring (bicyclic) bond motifs is 3. The van der Waals surface area contributed by atoms with Gasteiger partial charge in [-0.25, -0.2) is 4.79 Å². The highest BCUT2D eigenvalue weighted by atomic mass is 16.5. The second-order valence-corrected chi connectivity index (χ2v) is 4.59. The first-order valence-electron chi connectivity index (χ1n) is 6.28. The summed E-state index contributed by atoms with van der Waals surface area (Å²) in [5, 5.41) is 0. The van der Waals surface area contributed by atoms with Crippen LogP contribution in [0.4, 0.5) is 0 Å². The van der Waals surface area contributed by atoms with Crippen molar-refractivity contribution in [2.75, 3.05) is 0 Å². The van der Waals surface area contributed by atoms with Crippen molar-refractivity contribution in [3.63, 3.8) is 0 Å². The summed E-state index contributed by atoms with van der Waals surface area (Å²) in [4.78, 5) is 11.2. The van der Waals surface area contributed by atoms with Gasteiger partial charge in [-0.3, -0.25) is 0 Å². The summed E-state index contributed by atoms with van der Waals surface area (Å²) in [6.07, 6.45) is 2.10. The van der Waals surface area contributed by atoms with E-state index in [0.29, 0.717) is 6.61 Å². The molecule has 0 aromatic heterocycles. The molecule has 0 aliphatic heterocycles. The van der Waals surface area contributed by atoms with Crippen molar-refractivity contribution in [1.82, 2.24) is 0 Å². The molecule has 1 aliphatic rings. The van der Waals surface area contributed by atoms with Gasteiger partial charge in [0.2, 0.25) is 0 Å². The Morgan fingerprint density at radius 2 is 1.95 bits per heavy atom. The van der Waals surface area contributed by atoms with Crippen LogP contribution in [0.25, 0.3) is 11.1 Å². The lowest BCUT2D eigenvalue weighted by Crippen LogP contribution is -2.02. The molecule has 0 saturated heterocycles. The maximum Gasteiger partial charge on any atom is 0.330 e. The minimum Gasteiger partial charge on any atom is -0.458 e. The van der Waals surface area contributed by atoms with Crippen molar-refractivity contribution in [2.24, 2.45) is 0 Å². The Labute approximate surface area is 112 Å². The molecule has 0 saturated carbocycles. The molecule has 0 fully saturated rings. The summed E-state index contributed by atoms with van der Waals surface area (Å²) in [5.41, 5.74) is 6.21. The Morgan fingerprint density at radius 3 is 2.79 bits per heavy atom. The molecule has 0 heterocycles. The van der Waals surface area contributed by atoms with Crippen molar-refractivity contribution in [3.05, 3.63) is 71.8 Å². The zero-order valence-corrected chi connectivity index (χ0v) is 10.6. The molecule has 2 nitrogen and oxygen atoms in total. The third-order valence-corrected chi connectivity index (χ3v) is 3.48. The highest BCUT2D eigenvalue weighted by molar-refractivity contribution is 5.81. The van der Waals surface area contributed by atoms with Gasteiger partial charge in [0.1, 0.15) is 6.61 Å². The minimum atomic E-state index is -0.381. The SMILES string of the molecule is C=CC(=O)OCc1cccc2c1Cc1ccccc1-2. The Kier molecular flexibility index (Phi) is 2.92. The monoisotopic (exact) mass is 250 g/mol. The number of benzene rings is 2. The highest BCUT2D eigenvalue weighted by Gasteiger charge is 2.20. The van der Waals surface area contributed by atoms with Gasteiger partial charge in [-0.05, 0) is 34.2 Å². The first kappa shape index (κ1) is 11.7. The quantitative estimate of drug-likeness (QED) is 0.525. The summed E-state index contributed by atoms with van der Waals surface area (Å²) in [6.45, 7) is 3.71. The third-order valence-electron chi connectivity index (χ3n) is 3.48. The molecule has 1 aliphatic carbocycles. The first-order chi connectivity index (χ1) is 9.29. The topological polar surface area (TPSA) is 26.3 Å². The Balaban J connectivity index is 1.94. The predicted molar refractivity (Wildman–Crippen MR) is 74.7 cm³/mol. The standard InChI is InChI=1S/C17H14O2/c1-2-17(18)19-11-13-7-5-9-15-14-8-4-3-6-12(14)10-16(13)15/h2-9H,1,10-11H2. The third kappa shape index (κ3) is 2.06. The number of rotatable bonds is 3. The van der Waals surface area contributed by atoms with Gasteiger partial charge in [0.15, 0.2) is 0 Å². The van der Waals surface area contributed by atoms with E-state index in [2.05, 4.69) is 36.9 Å². The second-order valence-electron chi connectivity index (χ2n) is 4.59. The zero-order chi connectivity index (χ0) is 13.2. The van der Waals surface area contributed by atoms with E-state index in [9.17, 15) is 4.79 Å². The summed E-state index contributed by atoms with van der Waals surface area (Å²) in [7, 11) is 0. The molecular formula is C17H14O2. The minimum absolute atomic E-state index is 0.308. The average molecular weight is 250 g/mol. The van der Waals surface area contributed by atoms with Crippen LogP contribution in [0.5, 0.6) is 0 Å². The van der Waals surface area contributed by atoms with Crippen molar-refractivity contribution < 1.29 is 9.53 Å². The fourth-order valence-corrected chi connectivity index (χ4v) is 2.57. The van der Waals surface area contributed by atoms with E-state index >= 15 is 0 Å². The van der Waals surface area contributed by atoms with Gasteiger partial charge in [0.05, 0.1) is 0 Å². The fraction of sp³-hybridized carbons (Fsp3) is 0.118. The van der Waals surface area contributed by atoms with E-state index in [4.69, 9.17) is 4.74 Å². The second kappa shape index (κ2) is 4.73. The van der Waals surface area contributed by atoms with Gasteiger partial charge in [0.25, 0.3) is 0 Å². The highest BCUT2D eigenvalue weighted by Crippen LogP contribution is 2.38. The van der Waals surface area contributed by atoms with Crippen LogP contribution < -0.4 is 0 Å². The van der Waals surface area contributed by atoms with E-state index in [-0.39, 0.29) is 5.97 Å². The number of carbonyl (C=O) groups is 1. The number of carbonyl (C=O) groups excluding carboxylic acids is 1. The molecule has 2 aromatic rings. The van der Waals surface area contributed by atoms with E-state index in [1.807, 2.05) is 12.1 Å². The summed E-state index contributed by atoms with van der Waals surface area (Å²) < 4.78 is 5.14. The number of hydrogen-bond acceptors (Lipinski definition) is 2. The van der Waals surface area contributed by atoms with Gasteiger partial charge < -0.3 is 4.74 Å². The number of ether oxygens (including phenoxy) is 1. The van der Waals surface area contributed by atoms with Crippen molar-refractivity contribution in [3.8, 4) is 11.1 Å². The van der Waals surface area contributed by atoms with Crippen molar-refractivity contribution in [1.29, 1.82) is 0 Å². The van der Waals surface area contributed by atoms with Crippen LogP contribution in [0.1, 0.15) is 16.7 Å². The largest absolute Gasteiger partial charge is 0.458 e. The average Bonchev–Trinajstić information content (AvgIpc) is 2.84. The molecule has 0 amide bonds. The molecule has 0 atom stereocenters. The van der Waals surface area contributed by atoms with Gasteiger partial charge >= 0.3 is 5.97 Å².